The number of rotatable bonds is 6. The Morgan fingerprint density at radius 2 is 1.93 bits per heavy atom. The first-order valence-corrected chi connectivity index (χ1v) is 9.77. The topological polar surface area (TPSA) is 83.4 Å². The smallest absolute Gasteiger partial charge is 0.315 e. The molecule has 0 bridgehead atoms. The van der Waals surface area contributed by atoms with E-state index in [4.69, 9.17) is 4.42 Å². The highest BCUT2D eigenvalue weighted by molar-refractivity contribution is 5.78. The Labute approximate surface area is 166 Å². The quantitative estimate of drug-likeness (QED) is 0.713. The number of hydrogen-bond acceptors (Lipinski definition) is 3. The van der Waals surface area contributed by atoms with Crippen molar-refractivity contribution in [2.24, 2.45) is 5.41 Å². The van der Waals surface area contributed by atoms with Crippen molar-refractivity contribution in [3.63, 3.8) is 0 Å². The highest BCUT2D eigenvalue weighted by atomic mass is 16.3. The van der Waals surface area contributed by atoms with Crippen LogP contribution in [0.4, 0.5) is 4.79 Å². The van der Waals surface area contributed by atoms with Gasteiger partial charge in [-0.05, 0) is 30.4 Å². The number of aryl methyl sites for hydroxylation is 1. The van der Waals surface area contributed by atoms with E-state index in [0.717, 1.165) is 35.5 Å². The summed E-state index contributed by atoms with van der Waals surface area (Å²) in [7, 11) is 0. The van der Waals surface area contributed by atoms with Crippen LogP contribution in [0.1, 0.15) is 55.4 Å². The summed E-state index contributed by atoms with van der Waals surface area (Å²) < 4.78 is 5.80. The van der Waals surface area contributed by atoms with Gasteiger partial charge in [-0.1, -0.05) is 44.2 Å². The number of nitrogens with one attached hydrogen (secondary N) is 3. The van der Waals surface area contributed by atoms with Gasteiger partial charge in [-0.3, -0.25) is 4.79 Å². The van der Waals surface area contributed by atoms with Crippen LogP contribution in [0.5, 0.6) is 0 Å². The molecule has 3 N–H and O–H groups in total. The number of carbonyl (C=O) groups is 2. The summed E-state index contributed by atoms with van der Waals surface area (Å²) in [5, 5.41) is 8.67. The lowest BCUT2D eigenvalue weighted by molar-refractivity contribution is -0.121. The minimum Gasteiger partial charge on any atom is -0.466 e. The van der Waals surface area contributed by atoms with Crippen LogP contribution in [0.25, 0.3) is 0 Å². The predicted octanol–water partition coefficient (Wildman–Crippen LogP) is 3.61. The molecule has 1 heterocycles. The van der Waals surface area contributed by atoms with Gasteiger partial charge >= 0.3 is 6.03 Å². The minimum atomic E-state index is -0.261. The number of hydrogen-bond donors (Lipinski definition) is 3. The van der Waals surface area contributed by atoms with Gasteiger partial charge in [0.15, 0.2) is 0 Å². The van der Waals surface area contributed by atoms with E-state index < -0.39 is 0 Å². The third-order valence-corrected chi connectivity index (χ3v) is 5.01. The van der Waals surface area contributed by atoms with E-state index in [0.29, 0.717) is 13.1 Å². The van der Waals surface area contributed by atoms with Crippen molar-refractivity contribution >= 4 is 11.9 Å². The maximum Gasteiger partial charge on any atom is 0.315 e. The van der Waals surface area contributed by atoms with E-state index in [-0.39, 0.29) is 29.8 Å². The maximum absolute atomic E-state index is 12.3. The molecule has 28 heavy (non-hydrogen) atoms. The van der Waals surface area contributed by atoms with E-state index in [1.807, 2.05) is 43.3 Å². The zero-order chi connectivity index (χ0) is 20.1. The normalized spacial score (nSPS) is 17.5. The minimum absolute atomic E-state index is 0.0621. The molecule has 0 saturated heterocycles. The van der Waals surface area contributed by atoms with Crippen molar-refractivity contribution in [1.82, 2.24) is 16.0 Å². The first-order chi connectivity index (χ1) is 13.3. The molecular weight excluding hydrogens is 354 g/mol. The predicted molar refractivity (Wildman–Crippen MR) is 108 cm³/mol. The average molecular weight is 383 g/mol. The number of benzene rings is 1. The molecule has 6 nitrogen and oxygen atoms in total. The molecule has 1 aromatic heterocycles. The lowest BCUT2D eigenvalue weighted by Crippen LogP contribution is -2.42. The Bertz CT molecular complexity index is 827. The fourth-order valence-corrected chi connectivity index (χ4v) is 3.70. The number of amides is 3. The molecule has 150 valence electrons. The molecule has 3 rings (SSSR count). The van der Waals surface area contributed by atoms with Crippen LogP contribution in [0.15, 0.2) is 40.8 Å². The molecule has 2 aromatic rings. The highest BCUT2D eigenvalue weighted by Crippen LogP contribution is 2.41. The Hall–Kier alpha value is -2.76. The van der Waals surface area contributed by atoms with Crippen LogP contribution >= 0.6 is 0 Å². The van der Waals surface area contributed by atoms with Crippen LogP contribution in [0.3, 0.4) is 0 Å². The van der Waals surface area contributed by atoms with Gasteiger partial charge in [0.2, 0.25) is 5.91 Å². The maximum atomic E-state index is 12.3. The first kappa shape index (κ1) is 20.0. The molecule has 3 amide bonds. The summed E-state index contributed by atoms with van der Waals surface area (Å²) in [5.74, 6) is 1.74. The van der Waals surface area contributed by atoms with E-state index in [1.54, 1.807) is 0 Å². The number of carbonyl (C=O) groups excluding carboxylic acids is 2. The molecule has 0 aliphatic heterocycles. The van der Waals surface area contributed by atoms with E-state index in [2.05, 4.69) is 29.8 Å². The zero-order valence-electron chi connectivity index (χ0n) is 16.8. The van der Waals surface area contributed by atoms with Crippen LogP contribution in [-0.4, -0.2) is 18.5 Å². The van der Waals surface area contributed by atoms with Gasteiger partial charge in [0, 0.05) is 31.5 Å². The van der Waals surface area contributed by atoms with Crippen molar-refractivity contribution in [3.8, 4) is 0 Å². The average Bonchev–Trinajstić information content (AvgIpc) is 3.00. The summed E-state index contributed by atoms with van der Waals surface area (Å²) in [5.41, 5.74) is 2.17. The summed E-state index contributed by atoms with van der Waals surface area (Å²) in [6.07, 6.45) is 1.97. The third kappa shape index (κ3) is 5.38. The lowest BCUT2D eigenvalue weighted by Gasteiger charge is -2.34. The Morgan fingerprint density at radius 3 is 2.68 bits per heavy atom. The van der Waals surface area contributed by atoms with E-state index >= 15 is 0 Å². The molecule has 0 fully saturated rings. The van der Waals surface area contributed by atoms with Crippen molar-refractivity contribution in [1.29, 1.82) is 0 Å². The van der Waals surface area contributed by atoms with Gasteiger partial charge in [0.05, 0.1) is 6.04 Å². The SMILES string of the molecule is Cc1cc2c(o1)CC(C)(C)CC2NC(=O)NCCC(=O)NCc1ccccc1. The monoisotopic (exact) mass is 383 g/mol. The second-order valence-corrected chi connectivity index (χ2v) is 8.25. The third-order valence-electron chi connectivity index (χ3n) is 5.01. The van der Waals surface area contributed by atoms with Crippen molar-refractivity contribution < 1.29 is 14.0 Å². The van der Waals surface area contributed by atoms with Gasteiger partial charge in [0.1, 0.15) is 11.5 Å². The van der Waals surface area contributed by atoms with Crippen molar-refractivity contribution in [2.75, 3.05) is 6.54 Å². The summed E-state index contributed by atoms with van der Waals surface area (Å²) in [6.45, 7) is 7.07. The largest absolute Gasteiger partial charge is 0.466 e. The Morgan fingerprint density at radius 1 is 1.18 bits per heavy atom. The molecule has 0 spiro atoms. The molecule has 1 atom stereocenters. The number of fused-ring (bicyclic) bond motifs is 1. The lowest BCUT2D eigenvalue weighted by atomic mass is 9.75. The zero-order valence-corrected chi connectivity index (χ0v) is 16.8. The second-order valence-electron chi connectivity index (χ2n) is 8.25. The van der Waals surface area contributed by atoms with Gasteiger partial charge < -0.3 is 20.4 Å². The number of urea groups is 1. The van der Waals surface area contributed by atoms with Crippen LogP contribution in [0.2, 0.25) is 0 Å². The molecule has 1 aliphatic rings. The molecule has 1 unspecified atom stereocenters. The van der Waals surface area contributed by atoms with Crippen LogP contribution < -0.4 is 16.0 Å². The van der Waals surface area contributed by atoms with Gasteiger partial charge in [-0.2, -0.15) is 0 Å². The van der Waals surface area contributed by atoms with Crippen molar-refractivity contribution in [2.45, 2.75) is 52.6 Å². The fraction of sp³-hybridized carbons (Fsp3) is 0.455. The van der Waals surface area contributed by atoms with Gasteiger partial charge in [-0.25, -0.2) is 4.79 Å². The van der Waals surface area contributed by atoms with Crippen LogP contribution in [-0.2, 0) is 17.8 Å². The molecular formula is C22H29N3O3. The Balaban J connectivity index is 1.43. The van der Waals surface area contributed by atoms with E-state index in [9.17, 15) is 9.59 Å². The van der Waals surface area contributed by atoms with Crippen molar-refractivity contribution in [3.05, 3.63) is 59.0 Å². The summed E-state index contributed by atoms with van der Waals surface area (Å²) in [6, 6.07) is 11.4. The standard InChI is InChI=1S/C22H29N3O3/c1-15-11-17-18(12-22(2,3)13-19(17)28-15)25-21(27)23-10-9-20(26)24-14-16-7-5-4-6-8-16/h4-8,11,18H,9-10,12-14H2,1-3H3,(H,24,26)(H2,23,25,27). The molecule has 6 heteroatoms. The van der Waals surface area contributed by atoms with E-state index in [1.165, 1.54) is 0 Å². The van der Waals surface area contributed by atoms with Gasteiger partial charge in [-0.15, -0.1) is 0 Å². The molecule has 1 aromatic carbocycles. The number of furan rings is 1. The highest BCUT2D eigenvalue weighted by Gasteiger charge is 2.35. The fourth-order valence-electron chi connectivity index (χ4n) is 3.70. The Kier molecular flexibility index (Phi) is 6.07. The summed E-state index contributed by atoms with van der Waals surface area (Å²) >= 11 is 0. The summed E-state index contributed by atoms with van der Waals surface area (Å²) in [4.78, 5) is 24.3. The van der Waals surface area contributed by atoms with Crippen LogP contribution in [0, 0.1) is 12.3 Å². The molecule has 0 radical (unpaired) electrons. The molecule has 0 saturated carbocycles. The first-order valence-electron chi connectivity index (χ1n) is 9.77. The second kappa shape index (κ2) is 8.50. The van der Waals surface area contributed by atoms with Gasteiger partial charge in [0.25, 0.3) is 0 Å². The molecule has 1 aliphatic carbocycles.